The van der Waals surface area contributed by atoms with Gasteiger partial charge in [0.25, 0.3) is 5.91 Å². The Hall–Kier alpha value is -3.02. The maximum absolute atomic E-state index is 13.0. The van der Waals surface area contributed by atoms with Crippen molar-refractivity contribution in [2.24, 2.45) is 5.92 Å². The first-order valence-electron chi connectivity index (χ1n) is 9.76. The van der Waals surface area contributed by atoms with Crippen LogP contribution >= 0.6 is 0 Å². The van der Waals surface area contributed by atoms with Crippen molar-refractivity contribution in [2.45, 2.75) is 19.8 Å². The number of hydrogen-bond donors (Lipinski definition) is 0. The molecule has 0 aromatic heterocycles. The molecule has 0 aliphatic carbocycles. The number of methoxy groups -OCH3 is 2. The number of ketones is 1. The van der Waals surface area contributed by atoms with Gasteiger partial charge in [0.15, 0.2) is 23.9 Å². The summed E-state index contributed by atoms with van der Waals surface area (Å²) in [5.41, 5.74) is 1.61. The standard InChI is InChI=1S/C23H27NO5/c1-16-6-4-7-18(14-16)29-15-21(25)24-12-10-17(11-13-24)22(26)19-8-5-9-20(27-2)23(19)28-3/h4-9,14,17H,10-13,15H2,1-3H3. The molecular weight excluding hydrogens is 370 g/mol. The summed E-state index contributed by atoms with van der Waals surface area (Å²) < 4.78 is 16.3. The highest BCUT2D eigenvalue weighted by Gasteiger charge is 2.30. The monoisotopic (exact) mass is 397 g/mol. The Morgan fingerprint density at radius 2 is 1.76 bits per heavy atom. The lowest BCUT2D eigenvalue weighted by Crippen LogP contribution is -2.42. The highest BCUT2D eigenvalue weighted by atomic mass is 16.5. The molecule has 0 N–H and O–H groups in total. The minimum atomic E-state index is -0.141. The molecule has 1 heterocycles. The second kappa shape index (κ2) is 9.45. The van der Waals surface area contributed by atoms with Crippen LogP contribution in [0.5, 0.6) is 17.2 Å². The van der Waals surface area contributed by atoms with E-state index >= 15 is 0 Å². The predicted molar refractivity (Wildman–Crippen MR) is 110 cm³/mol. The molecule has 0 spiro atoms. The molecule has 1 aliphatic heterocycles. The van der Waals surface area contributed by atoms with Crippen LogP contribution in [-0.2, 0) is 4.79 Å². The van der Waals surface area contributed by atoms with Crippen LogP contribution < -0.4 is 14.2 Å². The van der Waals surface area contributed by atoms with E-state index in [1.807, 2.05) is 31.2 Å². The Bertz CT molecular complexity index is 871. The number of piperidine rings is 1. The Kier molecular flexibility index (Phi) is 6.75. The van der Waals surface area contributed by atoms with Crippen LogP contribution in [0.3, 0.4) is 0 Å². The van der Waals surface area contributed by atoms with Crippen LogP contribution in [0.15, 0.2) is 42.5 Å². The van der Waals surface area contributed by atoms with Gasteiger partial charge in [-0.25, -0.2) is 0 Å². The number of rotatable bonds is 7. The smallest absolute Gasteiger partial charge is 0.260 e. The maximum atomic E-state index is 13.0. The number of likely N-dealkylation sites (tertiary alicyclic amines) is 1. The zero-order chi connectivity index (χ0) is 20.8. The first-order chi connectivity index (χ1) is 14.0. The van der Waals surface area contributed by atoms with Gasteiger partial charge in [-0.05, 0) is 49.6 Å². The van der Waals surface area contributed by atoms with Gasteiger partial charge in [-0.3, -0.25) is 9.59 Å². The number of carbonyl (C=O) groups is 2. The largest absolute Gasteiger partial charge is 0.493 e. The number of aryl methyl sites for hydroxylation is 1. The third-order valence-corrected chi connectivity index (χ3v) is 5.24. The summed E-state index contributed by atoms with van der Waals surface area (Å²) in [4.78, 5) is 27.2. The molecule has 0 radical (unpaired) electrons. The molecule has 6 heteroatoms. The number of hydrogen-bond acceptors (Lipinski definition) is 5. The molecule has 0 unspecified atom stereocenters. The van der Waals surface area contributed by atoms with Crippen molar-refractivity contribution in [3.63, 3.8) is 0 Å². The molecule has 6 nitrogen and oxygen atoms in total. The number of nitrogens with zero attached hydrogens (tertiary/aromatic N) is 1. The second-order valence-corrected chi connectivity index (χ2v) is 7.17. The number of para-hydroxylation sites is 1. The van der Waals surface area contributed by atoms with E-state index in [4.69, 9.17) is 14.2 Å². The minimum Gasteiger partial charge on any atom is -0.493 e. The quantitative estimate of drug-likeness (QED) is 0.669. The Labute approximate surface area is 171 Å². The first-order valence-corrected chi connectivity index (χ1v) is 9.76. The molecule has 29 heavy (non-hydrogen) atoms. The van der Waals surface area contributed by atoms with E-state index in [1.165, 1.54) is 7.11 Å². The molecule has 0 saturated carbocycles. The van der Waals surface area contributed by atoms with E-state index in [-0.39, 0.29) is 24.2 Å². The van der Waals surface area contributed by atoms with Crippen molar-refractivity contribution in [3.8, 4) is 17.2 Å². The van der Waals surface area contributed by atoms with Gasteiger partial charge in [-0.15, -0.1) is 0 Å². The molecule has 1 fully saturated rings. The third-order valence-electron chi connectivity index (χ3n) is 5.24. The summed E-state index contributed by atoms with van der Waals surface area (Å²) in [6, 6.07) is 12.9. The molecule has 2 aromatic rings. The van der Waals surface area contributed by atoms with Crippen molar-refractivity contribution in [1.29, 1.82) is 0 Å². The van der Waals surface area contributed by atoms with E-state index in [0.29, 0.717) is 48.7 Å². The van der Waals surface area contributed by atoms with Crippen molar-refractivity contribution in [3.05, 3.63) is 53.6 Å². The van der Waals surface area contributed by atoms with Crippen LogP contribution in [-0.4, -0.2) is 50.5 Å². The number of Topliss-reactive ketones (excluding diaryl/α,β-unsaturated/α-hetero) is 1. The van der Waals surface area contributed by atoms with Gasteiger partial charge in [0, 0.05) is 19.0 Å². The van der Waals surface area contributed by atoms with Crippen LogP contribution in [0.2, 0.25) is 0 Å². The molecule has 1 aliphatic rings. The molecule has 2 aromatic carbocycles. The SMILES string of the molecule is COc1cccc(C(=O)C2CCN(C(=O)COc3cccc(C)c3)CC2)c1OC. The fourth-order valence-corrected chi connectivity index (χ4v) is 3.63. The summed E-state index contributed by atoms with van der Waals surface area (Å²) >= 11 is 0. The highest BCUT2D eigenvalue weighted by molar-refractivity contribution is 6.01. The normalized spacial score (nSPS) is 14.4. The summed E-state index contributed by atoms with van der Waals surface area (Å²) in [5.74, 6) is 1.52. The Morgan fingerprint density at radius 1 is 1.03 bits per heavy atom. The van der Waals surface area contributed by atoms with Crippen molar-refractivity contribution in [1.82, 2.24) is 4.90 Å². The topological polar surface area (TPSA) is 65.1 Å². The summed E-state index contributed by atoms with van der Waals surface area (Å²) in [7, 11) is 3.08. The lowest BCUT2D eigenvalue weighted by atomic mass is 9.88. The van der Waals surface area contributed by atoms with Gasteiger partial charge in [-0.2, -0.15) is 0 Å². The van der Waals surface area contributed by atoms with Crippen LogP contribution in [0.1, 0.15) is 28.8 Å². The Morgan fingerprint density at radius 3 is 2.41 bits per heavy atom. The van der Waals surface area contributed by atoms with Crippen LogP contribution in [0, 0.1) is 12.8 Å². The maximum Gasteiger partial charge on any atom is 0.260 e. The molecule has 0 bridgehead atoms. The van der Waals surface area contributed by atoms with Gasteiger partial charge in [0.1, 0.15) is 5.75 Å². The van der Waals surface area contributed by atoms with E-state index in [0.717, 1.165) is 5.56 Å². The van der Waals surface area contributed by atoms with Crippen molar-refractivity contribution >= 4 is 11.7 Å². The lowest BCUT2D eigenvalue weighted by molar-refractivity contribution is -0.134. The number of benzene rings is 2. The highest BCUT2D eigenvalue weighted by Crippen LogP contribution is 2.34. The molecule has 154 valence electrons. The molecular formula is C23H27NO5. The predicted octanol–water partition coefficient (Wildman–Crippen LogP) is 3.51. The number of ether oxygens (including phenoxy) is 3. The second-order valence-electron chi connectivity index (χ2n) is 7.17. The molecule has 1 saturated heterocycles. The van der Waals surface area contributed by atoms with Gasteiger partial charge < -0.3 is 19.1 Å². The fraction of sp³-hybridized carbons (Fsp3) is 0.391. The van der Waals surface area contributed by atoms with Gasteiger partial charge in [-0.1, -0.05) is 18.2 Å². The third kappa shape index (κ3) is 4.88. The molecule has 0 atom stereocenters. The van der Waals surface area contributed by atoms with Crippen LogP contribution in [0.4, 0.5) is 0 Å². The molecule has 3 rings (SSSR count). The summed E-state index contributed by atoms with van der Waals surface area (Å²) in [5, 5.41) is 0. The minimum absolute atomic E-state index is 0.00573. The van der Waals surface area contributed by atoms with Gasteiger partial charge >= 0.3 is 0 Å². The van der Waals surface area contributed by atoms with E-state index in [2.05, 4.69) is 0 Å². The summed E-state index contributed by atoms with van der Waals surface area (Å²) in [6.45, 7) is 3.07. The van der Waals surface area contributed by atoms with Crippen molar-refractivity contribution < 1.29 is 23.8 Å². The molecule has 1 amide bonds. The van der Waals surface area contributed by atoms with Gasteiger partial charge in [0.05, 0.1) is 19.8 Å². The average Bonchev–Trinajstić information content (AvgIpc) is 2.76. The zero-order valence-corrected chi connectivity index (χ0v) is 17.1. The number of carbonyl (C=O) groups excluding carboxylic acids is 2. The van der Waals surface area contributed by atoms with Crippen LogP contribution in [0.25, 0.3) is 0 Å². The van der Waals surface area contributed by atoms with E-state index < -0.39 is 0 Å². The lowest BCUT2D eigenvalue weighted by Gasteiger charge is -2.31. The first kappa shape index (κ1) is 20.7. The van der Waals surface area contributed by atoms with Crippen molar-refractivity contribution in [2.75, 3.05) is 33.9 Å². The van der Waals surface area contributed by atoms with E-state index in [9.17, 15) is 9.59 Å². The number of amides is 1. The average molecular weight is 397 g/mol. The fourth-order valence-electron chi connectivity index (χ4n) is 3.63. The zero-order valence-electron chi connectivity index (χ0n) is 17.1. The summed E-state index contributed by atoms with van der Waals surface area (Å²) in [6.07, 6.45) is 1.24. The van der Waals surface area contributed by atoms with E-state index in [1.54, 1.807) is 30.2 Å². The van der Waals surface area contributed by atoms with Gasteiger partial charge in [0.2, 0.25) is 0 Å². The Balaban J connectivity index is 1.56.